The average Bonchev–Trinajstić information content (AvgIpc) is 3.06. The largest absolute Gasteiger partial charge is 0.456 e. The number of pyridine rings is 1. The molecule has 41 heavy (non-hydrogen) atoms. The second kappa shape index (κ2) is 9.62. The van der Waals surface area contributed by atoms with Crippen LogP contribution in [0.1, 0.15) is 0 Å². The molecule has 2 heteroatoms. The normalized spacial score (nSPS) is 11.6. The van der Waals surface area contributed by atoms with Crippen molar-refractivity contribution in [2.75, 3.05) is 0 Å². The highest BCUT2D eigenvalue weighted by Crippen LogP contribution is 2.48. The van der Waals surface area contributed by atoms with Crippen molar-refractivity contribution in [3.63, 3.8) is 0 Å². The van der Waals surface area contributed by atoms with Crippen molar-refractivity contribution < 1.29 is 4.74 Å². The summed E-state index contributed by atoms with van der Waals surface area (Å²) in [5.74, 6) is 1.82. The Bertz CT molecular complexity index is 2050. The molecule has 2 nitrogen and oxygen atoms in total. The maximum atomic E-state index is 6.31. The Hall–Kier alpha value is -5.47. The summed E-state index contributed by atoms with van der Waals surface area (Å²) in [4.78, 5) is 4.87. The van der Waals surface area contributed by atoms with Crippen LogP contribution in [0, 0.1) is 0 Å². The van der Waals surface area contributed by atoms with E-state index in [1.54, 1.807) is 0 Å². The number of benzene rings is 6. The van der Waals surface area contributed by atoms with E-state index >= 15 is 0 Å². The van der Waals surface area contributed by atoms with E-state index in [-0.39, 0.29) is 0 Å². The van der Waals surface area contributed by atoms with Crippen molar-refractivity contribution in [2.45, 2.75) is 0 Å². The highest BCUT2D eigenvalue weighted by atomic mass is 16.5. The van der Waals surface area contributed by atoms with Crippen LogP contribution in [-0.4, -0.2) is 4.98 Å². The summed E-state index contributed by atoms with van der Waals surface area (Å²) in [5, 5.41) is 2.36. The van der Waals surface area contributed by atoms with Gasteiger partial charge in [-0.15, -0.1) is 0 Å². The summed E-state index contributed by atoms with van der Waals surface area (Å²) in [6.45, 7) is 0. The Labute approximate surface area is 239 Å². The van der Waals surface area contributed by atoms with E-state index in [4.69, 9.17) is 9.72 Å². The smallest absolute Gasteiger partial charge is 0.135 e. The predicted molar refractivity (Wildman–Crippen MR) is 169 cm³/mol. The minimum Gasteiger partial charge on any atom is -0.456 e. The SMILES string of the molecule is c1ccc(-c2cc(-c3ccccc3)c(-c3ccc(-c4ccc5c6c(cccc46)-c4ccccc4O5)cc3)cn2)cc1. The predicted octanol–water partition coefficient (Wildman–Crippen LogP) is 10.7. The Morgan fingerprint density at radius 2 is 1.02 bits per heavy atom. The summed E-state index contributed by atoms with van der Waals surface area (Å²) in [6, 6.07) is 51.1. The average molecular weight is 524 g/mol. The van der Waals surface area contributed by atoms with Crippen molar-refractivity contribution in [2.24, 2.45) is 0 Å². The van der Waals surface area contributed by atoms with Crippen LogP contribution in [0.3, 0.4) is 0 Å². The van der Waals surface area contributed by atoms with Crippen molar-refractivity contribution in [1.29, 1.82) is 0 Å². The Morgan fingerprint density at radius 3 is 1.80 bits per heavy atom. The highest BCUT2D eigenvalue weighted by molar-refractivity contribution is 6.09. The van der Waals surface area contributed by atoms with Crippen LogP contribution in [0.15, 0.2) is 152 Å². The Balaban J connectivity index is 1.23. The monoisotopic (exact) mass is 523 g/mol. The highest BCUT2D eigenvalue weighted by Gasteiger charge is 2.21. The first-order chi connectivity index (χ1) is 20.3. The molecule has 1 aliphatic rings. The van der Waals surface area contributed by atoms with Crippen LogP contribution in [0.5, 0.6) is 11.5 Å². The van der Waals surface area contributed by atoms with E-state index < -0.39 is 0 Å². The molecule has 0 unspecified atom stereocenters. The van der Waals surface area contributed by atoms with Gasteiger partial charge in [0.2, 0.25) is 0 Å². The molecule has 0 saturated carbocycles. The van der Waals surface area contributed by atoms with Gasteiger partial charge in [-0.1, -0.05) is 127 Å². The Kier molecular flexibility index (Phi) is 5.49. The second-order valence-corrected chi connectivity index (χ2v) is 10.4. The molecule has 0 atom stereocenters. The zero-order valence-corrected chi connectivity index (χ0v) is 22.3. The number of rotatable bonds is 4. The number of nitrogens with zero attached hydrogens (tertiary/aromatic N) is 1. The van der Waals surface area contributed by atoms with Crippen LogP contribution in [-0.2, 0) is 0 Å². The summed E-state index contributed by atoms with van der Waals surface area (Å²) in [5.41, 5.74) is 11.4. The van der Waals surface area contributed by atoms with E-state index in [2.05, 4.69) is 127 Å². The quantitative estimate of drug-likeness (QED) is 0.229. The van der Waals surface area contributed by atoms with Crippen molar-refractivity contribution >= 4 is 10.8 Å². The molecule has 0 aliphatic carbocycles. The van der Waals surface area contributed by atoms with Crippen LogP contribution < -0.4 is 4.74 Å². The van der Waals surface area contributed by atoms with Gasteiger partial charge in [-0.2, -0.15) is 0 Å². The van der Waals surface area contributed by atoms with Crippen LogP contribution in [0.4, 0.5) is 0 Å². The molecule has 0 fully saturated rings. The van der Waals surface area contributed by atoms with Gasteiger partial charge in [0.15, 0.2) is 0 Å². The molecule has 7 aromatic rings. The Morgan fingerprint density at radius 1 is 0.390 bits per heavy atom. The van der Waals surface area contributed by atoms with Crippen molar-refractivity contribution in [1.82, 2.24) is 4.98 Å². The van der Waals surface area contributed by atoms with Gasteiger partial charge in [0.1, 0.15) is 11.5 Å². The van der Waals surface area contributed by atoms with E-state index in [0.29, 0.717) is 0 Å². The third-order valence-electron chi connectivity index (χ3n) is 7.96. The first-order valence-corrected chi connectivity index (χ1v) is 13.9. The fourth-order valence-corrected chi connectivity index (χ4v) is 5.97. The molecule has 0 radical (unpaired) electrons. The first-order valence-electron chi connectivity index (χ1n) is 13.9. The van der Waals surface area contributed by atoms with E-state index in [1.165, 1.54) is 38.6 Å². The lowest BCUT2D eigenvalue weighted by Crippen LogP contribution is -1.97. The molecule has 0 amide bonds. The first kappa shape index (κ1) is 23.4. The van der Waals surface area contributed by atoms with Gasteiger partial charge in [0.05, 0.1) is 5.69 Å². The number of para-hydroxylation sites is 1. The van der Waals surface area contributed by atoms with Gasteiger partial charge < -0.3 is 4.74 Å². The minimum absolute atomic E-state index is 0.908. The third-order valence-corrected chi connectivity index (χ3v) is 7.96. The molecule has 1 aliphatic heterocycles. The second-order valence-electron chi connectivity index (χ2n) is 10.4. The lowest BCUT2D eigenvalue weighted by Gasteiger charge is -2.22. The fraction of sp³-hybridized carbons (Fsp3) is 0. The summed E-state index contributed by atoms with van der Waals surface area (Å²) < 4.78 is 6.31. The molecule has 8 rings (SSSR count). The molecule has 2 heterocycles. The van der Waals surface area contributed by atoms with Crippen LogP contribution in [0.25, 0.3) is 66.5 Å². The number of hydrogen-bond acceptors (Lipinski definition) is 2. The summed E-state index contributed by atoms with van der Waals surface area (Å²) in [6.07, 6.45) is 2.01. The van der Waals surface area contributed by atoms with Crippen LogP contribution in [0.2, 0.25) is 0 Å². The summed E-state index contributed by atoms with van der Waals surface area (Å²) >= 11 is 0. The molecule has 192 valence electrons. The van der Waals surface area contributed by atoms with Gasteiger partial charge >= 0.3 is 0 Å². The topological polar surface area (TPSA) is 22.1 Å². The number of aromatic nitrogens is 1. The maximum absolute atomic E-state index is 6.31. The van der Waals surface area contributed by atoms with E-state index in [0.717, 1.165) is 39.4 Å². The summed E-state index contributed by atoms with van der Waals surface area (Å²) in [7, 11) is 0. The third kappa shape index (κ3) is 4.00. The zero-order chi connectivity index (χ0) is 27.2. The molecule has 0 N–H and O–H groups in total. The lowest BCUT2D eigenvalue weighted by molar-refractivity contribution is 0.487. The molecule has 0 spiro atoms. The number of fused-ring (bicyclic) bond motifs is 2. The molecule has 1 aromatic heterocycles. The van der Waals surface area contributed by atoms with Gasteiger partial charge in [-0.25, -0.2) is 0 Å². The number of ether oxygens (including phenoxy) is 1. The maximum Gasteiger partial charge on any atom is 0.135 e. The van der Waals surface area contributed by atoms with Gasteiger partial charge in [0.25, 0.3) is 0 Å². The van der Waals surface area contributed by atoms with E-state index in [1.807, 2.05) is 24.4 Å². The fourth-order valence-electron chi connectivity index (χ4n) is 5.97. The van der Waals surface area contributed by atoms with Gasteiger partial charge in [-0.3, -0.25) is 4.98 Å². The molecule has 0 saturated heterocycles. The van der Waals surface area contributed by atoms with Crippen molar-refractivity contribution in [3.05, 3.63) is 152 Å². The standard InChI is InChI=1S/C39H25NO/c1-3-10-26(11-4-1)34-24-36(29-12-5-2-6-13-29)40-25-35(34)28-20-18-27(19-21-28)30-22-23-38-39-32(30)15-9-16-33(39)31-14-7-8-17-37(31)41-38/h1-25H. The van der Waals surface area contributed by atoms with E-state index in [9.17, 15) is 0 Å². The molecule has 6 aromatic carbocycles. The lowest BCUT2D eigenvalue weighted by atomic mass is 9.89. The molecular formula is C39H25NO. The van der Waals surface area contributed by atoms with Gasteiger partial charge in [0, 0.05) is 28.3 Å². The van der Waals surface area contributed by atoms with Crippen molar-refractivity contribution in [3.8, 4) is 67.3 Å². The minimum atomic E-state index is 0.908. The van der Waals surface area contributed by atoms with Gasteiger partial charge in [-0.05, 0) is 57.0 Å². The number of hydrogen-bond donors (Lipinski definition) is 0. The zero-order valence-electron chi connectivity index (χ0n) is 22.3. The van der Waals surface area contributed by atoms with Crippen LogP contribution >= 0.6 is 0 Å². The molecular weight excluding hydrogens is 498 g/mol. The molecule has 0 bridgehead atoms.